The predicted molar refractivity (Wildman–Crippen MR) is 74.3 cm³/mol. The molecule has 0 spiro atoms. The summed E-state index contributed by atoms with van der Waals surface area (Å²) < 4.78 is 13.5. The van der Waals surface area contributed by atoms with Gasteiger partial charge in [0.2, 0.25) is 5.91 Å². The first-order chi connectivity index (χ1) is 9.20. The van der Waals surface area contributed by atoms with Gasteiger partial charge in [0.25, 0.3) is 0 Å². The van der Waals surface area contributed by atoms with Crippen LogP contribution in [0.15, 0.2) is 24.3 Å². The number of carbonyl (C=O) groups excluding carboxylic acids is 1. The van der Waals surface area contributed by atoms with Crippen LogP contribution >= 0.6 is 0 Å². The Morgan fingerprint density at radius 1 is 1.42 bits per heavy atom. The van der Waals surface area contributed by atoms with Crippen molar-refractivity contribution in [2.24, 2.45) is 5.92 Å². The van der Waals surface area contributed by atoms with E-state index in [-0.39, 0.29) is 11.7 Å². The van der Waals surface area contributed by atoms with E-state index < -0.39 is 0 Å². The second-order valence-corrected chi connectivity index (χ2v) is 5.33. The summed E-state index contributed by atoms with van der Waals surface area (Å²) in [7, 11) is 0. The molecule has 0 unspecified atom stereocenters. The zero-order valence-corrected chi connectivity index (χ0v) is 11.6. The fourth-order valence-electron chi connectivity index (χ4n) is 2.81. The largest absolute Gasteiger partial charge is 0.342 e. The van der Waals surface area contributed by atoms with Crippen molar-refractivity contribution in [2.75, 3.05) is 13.1 Å². The lowest BCUT2D eigenvalue weighted by molar-refractivity contribution is -0.132. The van der Waals surface area contributed by atoms with Crippen LogP contribution in [0, 0.1) is 11.7 Å². The average Bonchev–Trinajstić information content (AvgIpc) is 2.46. The number of rotatable bonds is 4. The van der Waals surface area contributed by atoms with Gasteiger partial charge < -0.3 is 4.90 Å². The van der Waals surface area contributed by atoms with Gasteiger partial charge in [-0.2, -0.15) is 0 Å². The second-order valence-electron chi connectivity index (χ2n) is 5.33. The molecule has 0 radical (unpaired) electrons. The lowest BCUT2D eigenvalue weighted by Gasteiger charge is -2.32. The van der Waals surface area contributed by atoms with Gasteiger partial charge in [0.1, 0.15) is 5.82 Å². The second kappa shape index (κ2) is 6.69. The van der Waals surface area contributed by atoms with Gasteiger partial charge in [-0.3, -0.25) is 4.79 Å². The van der Waals surface area contributed by atoms with Gasteiger partial charge in [0, 0.05) is 19.5 Å². The minimum Gasteiger partial charge on any atom is -0.342 e. The molecule has 104 valence electrons. The summed E-state index contributed by atoms with van der Waals surface area (Å²) in [6.45, 7) is 3.65. The maximum Gasteiger partial charge on any atom is 0.222 e. The summed E-state index contributed by atoms with van der Waals surface area (Å²) in [4.78, 5) is 13.7. The Morgan fingerprint density at radius 2 is 2.21 bits per heavy atom. The van der Waals surface area contributed by atoms with E-state index in [9.17, 15) is 9.18 Å². The molecule has 1 fully saturated rings. The van der Waals surface area contributed by atoms with Crippen molar-refractivity contribution < 1.29 is 9.18 Å². The summed E-state index contributed by atoms with van der Waals surface area (Å²) in [5.41, 5.74) is 0.793. The molecule has 1 saturated heterocycles. The third-order valence-electron chi connectivity index (χ3n) is 3.95. The molecule has 0 aliphatic carbocycles. The number of aryl methyl sites for hydroxylation is 1. The first-order valence-corrected chi connectivity index (χ1v) is 7.22. The van der Waals surface area contributed by atoms with Crippen LogP contribution in [-0.2, 0) is 11.2 Å². The number of nitrogens with zero attached hydrogens (tertiary/aromatic N) is 1. The molecule has 0 aromatic heterocycles. The van der Waals surface area contributed by atoms with E-state index in [1.165, 1.54) is 6.07 Å². The van der Waals surface area contributed by atoms with Crippen molar-refractivity contribution in [2.45, 2.75) is 39.0 Å². The fourth-order valence-corrected chi connectivity index (χ4v) is 2.81. The Labute approximate surface area is 114 Å². The zero-order chi connectivity index (χ0) is 13.7. The third-order valence-corrected chi connectivity index (χ3v) is 3.95. The van der Waals surface area contributed by atoms with Gasteiger partial charge in [0.15, 0.2) is 0 Å². The monoisotopic (exact) mass is 263 g/mol. The fraction of sp³-hybridized carbons (Fsp3) is 0.562. The minimum absolute atomic E-state index is 0.111. The molecule has 19 heavy (non-hydrogen) atoms. The topological polar surface area (TPSA) is 20.3 Å². The lowest BCUT2D eigenvalue weighted by Crippen LogP contribution is -2.39. The molecule has 2 nitrogen and oxygen atoms in total. The maximum atomic E-state index is 13.5. The van der Waals surface area contributed by atoms with Crippen molar-refractivity contribution in [3.05, 3.63) is 35.6 Å². The zero-order valence-electron chi connectivity index (χ0n) is 11.6. The predicted octanol–water partition coefficient (Wildman–Crippen LogP) is 3.41. The number of amides is 1. The molecule has 1 aliphatic rings. The van der Waals surface area contributed by atoms with Gasteiger partial charge in [-0.25, -0.2) is 4.39 Å². The van der Waals surface area contributed by atoms with E-state index in [2.05, 4.69) is 0 Å². The number of hydrogen-bond acceptors (Lipinski definition) is 1. The lowest BCUT2D eigenvalue weighted by atomic mass is 9.91. The van der Waals surface area contributed by atoms with E-state index in [1.807, 2.05) is 24.0 Å². The van der Waals surface area contributed by atoms with Crippen LogP contribution in [0.4, 0.5) is 4.39 Å². The molecule has 2 rings (SSSR count). The van der Waals surface area contributed by atoms with Crippen molar-refractivity contribution in [1.82, 2.24) is 4.90 Å². The Balaban J connectivity index is 1.86. The third kappa shape index (κ3) is 3.79. The Morgan fingerprint density at radius 3 is 2.95 bits per heavy atom. The summed E-state index contributed by atoms with van der Waals surface area (Å²) in [6.07, 6.45) is 4.55. The highest BCUT2D eigenvalue weighted by Gasteiger charge is 2.22. The van der Waals surface area contributed by atoms with Crippen LogP contribution in [0.2, 0.25) is 0 Å². The highest BCUT2D eigenvalue weighted by molar-refractivity contribution is 5.75. The molecule has 1 atom stereocenters. The number of hydrogen-bond donors (Lipinski definition) is 0. The maximum absolute atomic E-state index is 13.5. The summed E-state index contributed by atoms with van der Waals surface area (Å²) in [5.74, 6) is 0.652. The first kappa shape index (κ1) is 14.0. The molecular weight excluding hydrogens is 241 g/mol. The van der Waals surface area contributed by atoms with Crippen molar-refractivity contribution in [3.63, 3.8) is 0 Å². The van der Waals surface area contributed by atoms with E-state index in [0.29, 0.717) is 12.3 Å². The molecule has 1 heterocycles. The van der Waals surface area contributed by atoms with Crippen LogP contribution in [0.3, 0.4) is 0 Å². The number of halogens is 1. The molecule has 0 N–H and O–H groups in total. The standard InChI is InChI=1S/C16H22FNO/c1-2-16(19)18-11-5-6-13(12-18)9-10-14-7-3-4-8-15(14)17/h3-4,7-8,13H,2,5-6,9-12H2,1H3/t13-/m1/s1. The molecule has 0 bridgehead atoms. The molecule has 0 saturated carbocycles. The smallest absolute Gasteiger partial charge is 0.222 e. The Kier molecular flexibility index (Phi) is 4.94. The average molecular weight is 263 g/mol. The Hall–Kier alpha value is -1.38. The van der Waals surface area contributed by atoms with E-state index in [0.717, 1.165) is 44.3 Å². The highest BCUT2D eigenvalue weighted by Crippen LogP contribution is 2.22. The van der Waals surface area contributed by atoms with E-state index in [4.69, 9.17) is 0 Å². The SMILES string of the molecule is CCC(=O)N1CCC[C@H](CCc2ccccc2F)C1. The van der Waals surface area contributed by atoms with Crippen LogP contribution in [0.5, 0.6) is 0 Å². The number of carbonyl (C=O) groups is 1. The van der Waals surface area contributed by atoms with E-state index >= 15 is 0 Å². The molecule has 1 aromatic rings. The van der Waals surface area contributed by atoms with E-state index in [1.54, 1.807) is 6.07 Å². The number of likely N-dealkylation sites (tertiary alicyclic amines) is 1. The molecule has 1 amide bonds. The molecule has 1 aliphatic heterocycles. The van der Waals surface area contributed by atoms with Crippen LogP contribution < -0.4 is 0 Å². The molecular formula is C16H22FNO. The summed E-state index contributed by atoms with van der Waals surface area (Å²) >= 11 is 0. The molecule has 1 aromatic carbocycles. The highest BCUT2D eigenvalue weighted by atomic mass is 19.1. The number of benzene rings is 1. The normalized spacial score (nSPS) is 19.5. The van der Waals surface area contributed by atoms with Gasteiger partial charge in [-0.1, -0.05) is 25.1 Å². The molecule has 3 heteroatoms. The number of piperidine rings is 1. The van der Waals surface area contributed by atoms with Gasteiger partial charge in [-0.05, 0) is 43.2 Å². The van der Waals surface area contributed by atoms with Crippen molar-refractivity contribution >= 4 is 5.91 Å². The van der Waals surface area contributed by atoms with Crippen LogP contribution in [0.25, 0.3) is 0 Å². The van der Waals surface area contributed by atoms with Crippen molar-refractivity contribution in [3.8, 4) is 0 Å². The van der Waals surface area contributed by atoms with Gasteiger partial charge in [-0.15, -0.1) is 0 Å². The summed E-state index contributed by atoms with van der Waals surface area (Å²) in [5, 5.41) is 0. The quantitative estimate of drug-likeness (QED) is 0.815. The van der Waals surface area contributed by atoms with Crippen LogP contribution in [-0.4, -0.2) is 23.9 Å². The van der Waals surface area contributed by atoms with Gasteiger partial charge in [0.05, 0.1) is 0 Å². The minimum atomic E-state index is -0.111. The summed E-state index contributed by atoms with van der Waals surface area (Å²) in [6, 6.07) is 6.98. The first-order valence-electron chi connectivity index (χ1n) is 7.22. The van der Waals surface area contributed by atoms with Crippen molar-refractivity contribution in [1.29, 1.82) is 0 Å². The van der Waals surface area contributed by atoms with Gasteiger partial charge >= 0.3 is 0 Å². The van der Waals surface area contributed by atoms with Crippen LogP contribution in [0.1, 0.15) is 38.2 Å². The Bertz CT molecular complexity index is 433.